The molecular formula is C27H21OP. The zero-order valence-corrected chi connectivity index (χ0v) is 17.0. The molecule has 2 heteroatoms. The predicted molar refractivity (Wildman–Crippen MR) is 128 cm³/mol. The second-order valence-corrected chi connectivity index (χ2v) is 8.90. The topological polar surface area (TPSA) is 9.23 Å². The van der Waals surface area contributed by atoms with E-state index in [1.165, 1.54) is 32.2 Å². The first kappa shape index (κ1) is 17.9. The number of rotatable bonds is 5. The van der Waals surface area contributed by atoms with Crippen LogP contribution in [0.1, 0.15) is 0 Å². The molecule has 0 N–H and O–H groups in total. The Morgan fingerprint density at radius 2 is 1.31 bits per heavy atom. The van der Waals surface area contributed by atoms with Crippen LogP contribution in [-0.2, 0) is 0 Å². The molecule has 0 aliphatic carbocycles. The molecule has 0 aromatic heterocycles. The third-order valence-electron chi connectivity index (χ3n) is 5.25. The van der Waals surface area contributed by atoms with Crippen molar-refractivity contribution in [1.29, 1.82) is 0 Å². The van der Waals surface area contributed by atoms with Gasteiger partial charge in [-0.05, 0) is 45.1 Å². The van der Waals surface area contributed by atoms with Crippen LogP contribution in [-0.4, -0.2) is 6.16 Å². The van der Waals surface area contributed by atoms with Gasteiger partial charge in [-0.25, -0.2) is 0 Å². The highest BCUT2D eigenvalue weighted by Gasteiger charge is 2.17. The highest BCUT2D eigenvalue weighted by Crippen LogP contribution is 2.42. The van der Waals surface area contributed by atoms with Crippen molar-refractivity contribution >= 4 is 45.8 Å². The Labute approximate surface area is 172 Å². The lowest BCUT2D eigenvalue weighted by Gasteiger charge is -2.20. The fourth-order valence-corrected chi connectivity index (χ4v) is 5.59. The van der Waals surface area contributed by atoms with Gasteiger partial charge in [-0.2, -0.15) is 0 Å². The van der Waals surface area contributed by atoms with Crippen LogP contribution < -0.4 is 9.83 Å². The minimum Gasteiger partial charge on any atom is -0.468 e. The van der Waals surface area contributed by atoms with Crippen LogP contribution >= 0.6 is 8.15 Å². The van der Waals surface area contributed by atoms with E-state index in [9.17, 15) is 0 Å². The Hall–Kier alpha value is -3.15. The van der Waals surface area contributed by atoms with E-state index in [0.29, 0.717) is 0 Å². The maximum atomic E-state index is 6.70. The van der Waals surface area contributed by atoms with Crippen molar-refractivity contribution < 1.29 is 4.52 Å². The highest BCUT2D eigenvalue weighted by molar-refractivity contribution is 7.62. The molecule has 5 rings (SSSR count). The third-order valence-corrected chi connectivity index (χ3v) is 7.18. The highest BCUT2D eigenvalue weighted by atomic mass is 31.1. The normalized spacial score (nSPS) is 12.3. The molecule has 1 nitrogen and oxygen atoms in total. The molecule has 140 valence electrons. The number of hydrogen-bond acceptors (Lipinski definition) is 1. The van der Waals surface area contributed by atoms with Gasteiger partial charge in [0.15, 0.2) is 0 Å². The van der Waals surface area contributed by atoms with Gasteiger partial charge >= 0.3 is 0 Å². The molecule has 0 amide bonds. The van der Waals surface area contributed by atoms with E-state index in [1.54, 1.807) is 0 Å². The first-order chi connectivity index (χ1) is 14.3. The summed E-state index contributed by atoms with van der Waals surface area (Å²) >= 11 is 0. The molecule has 0 aliphatic rings. The van der Waals surface area contributed by atoms with E-state index in [0.717, 1.165) is 17.3 Å². The summed E-state index contributed by atoms with van der Waals surface area (Å²) < 4.78 is 6.70. The molecular weight excluding hydrogens is 371 g/mol. The maximum absolute atomic E-state index is 6.70. The van der Waals surface area contributed by atoms with Crippen LogP contribution in [0.2, 0.25) is 0 Å². The molecule has 1 atom stereocenters. The van der Waals surface area contributed by atoms with Crippen molar-refractivity contribution in [3.8, 4) is 5.75 Å². The van der Waals surface area contributed by atoms with E-state index in [1.807, 2.05) is 6.08 Å². The summed E-state index contributed by atoms with van der Waals surface area (Å²) in [5.74, 6) is 0.939. The maximum Gasteiger partial charge on any atom is 0.131 e. The lowest BCUT2D eigenvalue weighted by Crippen LogP contribution is -2.09. The van der Waals surface area contributed by atoms with Crippen molar-refractivity contribution in [3.63, 3.8) is 0 Å². The monoisotopic (exact) mass is 392 g/mol. The Morgan fingerprint density at radius 1 is 0.655 bits per heavy atom. The molecule has 0 spiro atoms. The van der Waals surface area contributed by atoms with Gasteiger partial charge in [0, 0.05) is 16.9 Å². The SMILES string of the molecule is C=CCP(Oc1cccc2cc3ccccc3cc12)c1cccc2ccccc12. The molecule has 0 aliphatic heterocycles. The van der Waals surface area contributed by atoms with Crippen LogP contribution in [0.5, 0.6) is 5.75 Å². The second kappa shape index (κ2) is 7.70. The van der Waals surface area contributed by atoms with Crippen molar-refractivity contribution in [2.24, 2.45) is 0 Å². The summed E-state index contributed by atoms with van der Waals surface area (Å²) in [6.45, 7) is 3.99. The van der Waals surface area contributed by atoms with E-state index < -0.39 is 8.15 Å². The molecule has 0 saturated carbocycles. The Morgan fingerprint density at radius 3 is 2.14 bits per heavy atom. The van der Waals surface area contributed by atoms with Gasteiger partial charge in [0.05, 0.1) is 0 Å². The number of allylic oxidation sites excluding steroid dienone is 1. The standard InChI is InChI=1S/C27H21OP/c1-2-17-29(27-16-8-12-20-9-5-6-14-24(20)27)28-26-15-7-13-23-18-21-10-3-4-11-22(21)19-25(23)26/h2-16,18-19H,1,17H2. The lowest BCUT2D eigenvalue weighted by atomic mass is 10.0. The fraction of sp³-hybridized carbons (Fsp3) is 0.0370. The largest absolute Gasteiger partial charge is 0.468 e. The molecule has 0 heterocycles. The Kier molecular flexibility index (Phi) is 4.76. The average Bonchev–Trinajstić information content (AvgIpc) is 2.77. The fourth-order valence-electron chi connectivity index (χ4n) is 3.86. The molecule has 1 unspecified atom stereocenters. The van der Waals surface area contributed by atoms with Gasteiger partial charge in [0.2, 0.25) is 0 Å². The van der Waals surface area contributed by atoms with E-state index in [2.05, 4.69) is 104 Å². The van der Waals surface area contributed by atoms with Crippen molar-refractivity contribution in [1.82, 2.24) is 0 Å². The minimum absolute atomic E-state index is 0.813. The first-order valence-corrected chi connectivity index (χ1v) is 11.2. The second-order valence-electron chi connectivity index (χ2n) is 7.12. The summed E-state index contributed by atoms with van der Waals surface area (Å²) in [4.78, 5) is 0. The van der Waals surface area contributed by atoms with E-state index in [-0.39, 0.29) is 0 Å². The molecule has 29 heavy (non-hydrogen) atoms. The molecule has 5 aromatic carbocycles. The lowest BCUT2D eigenvalue weighted by molar-refractivity contribution is 0.632. The summed E-state index contributed by atoms with van der Waals surface area (Å²) in [6, 6.07) is 34.3. The van der Waals surface area contributed by atoms with Crippen molar-refractivity contribution in [2.75, 3.05) is 6.16 Å². The Balaban J connectivity index is 1.63. The number of hydrogen-bond donors (Lipinski definition) is 0. The quantitative estimate of drug-likeness (QED) is 0.172. The zero-order chi connectivity index (χ0) is 19.6. The van der Waals surface area contributed by atoms with Crippen LogP contribution in [0.25, 0.3) is 32.3 Å². The van der Waals surface area contributed by atoms with Gasteiger partial charge in [0.25, 0.3) is 0 Å². The van der Waals surface area contributed by atoms with Gasteiger partial charge < -0.3 is 4.52 Å². The molecule has 0 radical (unpaired) electrons. The summed E-state index contributed by atoms with van der Waals surface area (Å²) in [7, 11) is -0.866. The molecule has 0 fully saturated rings. The summed E-state index contributed by atoms with van der Waals surface area (Å²) in [6.07, 6.45) is 2.78. The molecule has 0 saturated heterocycles. The van der Waals surface area contributed by atoms with Gasteiger partial charge in [-0.1, -0.05) is 84.9 Å². The van der Waals surface area contributed by atoms with Crippen molar-refractivity contribution in [3.05, 3.63) is 110 Å². The van der Waals surface area contributed by atoms with Crippen LogP contribution in [0.3, 0.4) is 0 Å². The zero-order valence-electron chi connectivity index (χ0n) is 16.1. The number of benzene rings is 5. The van der Waals surface area contributed by atoms with E-state index >= 15 is 0 Å². The van der Waals surface area contributed by atoms with Crippen LogP contribution in [0.15, 0.2) is 110 Å². The van der Waals surface area contributed by atoms with E-state index in [4.69, 9.17) is 4.52 Å². The van der Waals surface area contributed by atoms with Gasteiger partial charge in [-0.3, -0.25) is 0 Å². The first-order valence-electron chi connectivity index (χ1n) is 9.79. The summed E-state index contributed by atoms with van der Waals surface area (Å²) in [5, 5.41) is 8.60. The predicted octanol–water partition coefficient (Wildman–Crippen LogP) is 7.43. The number of fused-ring (bicyclic) bond motifs is 3. The average molecular weight is 392 g/mol. The third kappa shape index (κ3) is 3.39. The molecule has 5 aromatic rings. The van der Waals surface area contributed by atoms with Gasteiger partial charge in [0.1, 0.15) is 13.9 Å². The smallest absolute Gasteiger partial charge is 0.131 e. The van der Waals surface area contributed by atoms with Gasteiger partial charge in [-0.15, -0.1) is 6.58 Å². The minimum atomic E-state index is -0.866. The Bertz CT molecular complexity index is 1330. The van der Waals surface area contributed by atoms with Crippen LogP contribution in [0, 0.1) is 0 Å². The van der Waals surface area contributed by atoms with Crippen LogP contribution in [0.4, 0.5) is 0 Å². The molecule has 0 bridgehead atoms. The van der Waals surface area contributed by atoms with Crippen molar-refractivity contribution in [2.45, 2.75) is 0 Å². The summed E-state index contributed by atoms with van der Waals surface area (Å²) in [5.41, 5.74) is 0.